The summed E-state index contributed by atoms with van der Waals surface area (Å²) in [5.74, 6) is 0.152. The van der Waals surface area contributed by atoms with Crippen LogP contribution in [0.4, 0.5) is 11.4 Å². The van der Waals surface area contributed by atoms with Gasteiger partial charge in [0.1, 0.15) is 5.75 Å². The lowest BCUT2D eigenvalue weighted by atomic mass is 10.2. The van der Waals surface area contributed by atoms with Crippen LogP contribution in [0.1, 0.15) is 23.7 Å². The predicted octanol–water partition coefficient (Wildman–Crippen LogP) is 3.95. The molecule has 0 aromatic heterocycles. The van der Waals surface area contributed by atoms with Crippen LogP contribution in [0.15, 0.2) is 42.5 Å². The minimum atomic E-state index is -0.293. The van der Waals surface area contributed by atoms with Gasteiger partial charge in [-0.05, 0) is 42.5 Å². The Labute approximate surface area is 139 Å². The molecule has 0 unspecified atom stereocenters. The van der Waals surface area contributed by atoms with Gasteiger partial charge in [0.05, 0.1) is 12.8 Å². The first-order chi connectivity index (χ1) is 11.0. The Bertz CT molecular complexity index is 714. The van der Waals surface area contributed by atoms with Crippen LogP contribution in [-0.2, 0) is 4.79 Å². The quantitative estimate of drug-likeness (QED) is 0.871. The van der Waals surface area contributed by atoms with Crippen LogP contribution in [-0.4, -0.2) is 18.9 Å². The molecule has 23 heavy (non-hydrogen) atoms. The second-order valence-electron chi connectivity index (χ2n) is 4.78. The number of amides is 2. The summed E-state index contributed by atoms with van der Waals surface area (Å²) in [5, 5.41) is 5.98. The maximum Gasteiger partial charge on any atom is 0.255 e. The Kier molecular flexibility index (Phi) is 5.60. The number of methoxy groups -OCH3 is 1. The van der Waals surface area contributed by atoms with E-state index in [0.29, 0.717) is 34.1 Å². The third-order valence-electron chi connectivity index (χ3n) is 3.16. The monoisotopic (exact) mass is 332 g/mol. The molecule has 0 atom stereocenters. The van der Waals surface area contributed by atoms with Crippen LogP contribution >= 0.6 is 11.6 Å². The van der Waals surface area contributed by atoms with E-state index in [2.05, 4.69) is 10.6 Å². The maximum atomic E-state index is 12.3. The van der Waals surface area contributed by atoms with E-state index in [1.165, 1.54) is 7.11 Å². The molecule has 6 heteroatoms. The molecule has 0 fully saturated rings. The minimum Gasteiger partial charge on any atom is -0.495 e. The van der Waals surface area contributed by atoms with E-state index in [4.69, 9.17) is 16.3 Å². The van der Waals surface area contributed by atoms with Crippen molar-refractivity contribution in [2.75, 3.05) is 17.7 Å². The van der Waals surface area contributed by atoms with Crippen molar-refractivity contribution in [3.8, 4) is 5.75 Å². The van der Waals surface area contributed by atoms with Crippen molar-refractivity contribution in [1.82, 2.24) is 0 Å². The summed E-state index contributed by atoms with van der Waals surface area (Å²) in [5.41, 5.74) is 1.60. The predicted molar refractivity (Wildman–Crippen MR) is 91.3 cm³/mol. The lowest BCUT2D eigenvalue weighted by molar-refractivity contribution is -0.115. The van der Waals surface area contributed by atoms with Crippen LogP contribution in [0.5, 0.6) is 5.75 Å². The summed E-state index contributed by atoms with van der Waals surface area (Å²) in [4.78, 5) is 23.6. The third kappa shape index (κ3) is 4.47. The molecule has 0 aliphatic carbocycles. The van der Waals surface area contributed by atoms with E-state index < -0.39 is 0 Å². The number of anilines is 2. The van der Waals surface area contributed by atoms with Gasteiger partial charge in [-0.1, -0.05) is 18.5 Å². The fourth-order valence-corrected chi connectivity index (χ4v) is 2.10. The first-order valence-electron chi connectivity index (χ1n) is 7.08. The Morgan fingerprint density at radius 3 is 2.39 bits per heavy atom. The molecule has 120 valence electrons. The number of ether oxygens (including phenoxy) is 1. The summed E-state index contributed by atoms with van der Waals surface area (Å²) in [6, 6.07) is 11.6. The van der Waals surface area contributed by atoms with E-state index in [0.717, 1.165) is 0 Å². The van der Waals surface area contributed by atoms with Crippen molar-refractivity contribution < 1.29 is 14.3 Å². The molecule has 0 saturated carbocycles. The Balaban J connectivity index is 2.12. The van der Waals surface area contributed by atoms with Crippen molar-refractivity contribution >= 4 is 34.8 Å². The normalized spacial score (nSPS) is 10.0. The average Bonchev–Trinajstić information content (AvgIpc) is 2.55. The van der Waals surface area contributed by atoms with Gasteiger partial charge >= 0.3 is 0 Å². The summed E-state index contributed by atoms with van der Waals surface area (Å²) in [6.45, 7) is 1.77. The summed E-state index contributed by atoms with van der Waals surface area (Å²) in [6.07, 6.45) is 0.400. The summed E-state index contributed by atoms with van der Waals surface area (Å²) < 4.78 is 5.19. The highest BCUT2D eigenvalue weighted by molar-refractivity contribution is 6.31. The molecular formula is C17H17ClN2O3. The lowest BCUT2D eigenvalue weighted by Gasteiger charge is -2.11. The lowest BCUT2D eigenvalue weighted by Crippen LogP contribution is -2.13. The first kappa shape index (κ1) is 16.8. The van der Waals surface area contributed by atoms with Gasteiger partial charge in [0.15, 0.2) is 0 Å². The molecule has 0 radical (unpaired) electrons. The molecule has 0 aliphatic rings. The number of carbonyl (C=O) groups is 2. The second kappa shape index (κ2) is 7.65. The van der Waals surface area contributed by atoms with Crippen molar-refractivity contribution in [3.63, 3.8) is 0 Å². The molecule has 2 N–H and O–H groups in total. The van der Waals surface area contributed by atoms with Gasteiger partial charge < -0.3 is 15.4 Å². The molecule has 5 nitrogen and oxygen atoms in total. The highest BCUT2D eigenvalue weighted by Gasteiger charge is 2.10. The van der Waals surface area contributed by atoms with E-state index >= 15 is 0 Å². The first-order valence-corrected chi connectivity index (χ1v) is 7.46. The van der Waals surface area contributed by atoms with Crippen LogP contribution in [0.25, 0.3) is 0 Å². The number of carbonyl (C=O) groups excluding carboxylic acids is 2. The van der Waals surface area contributed by atoms with E-state index in [9.17, 15) is 9.59 Å². The van der Waals surface area contributed by atoms with Gasteiger partial charge in [-0.25, -0.2) is 0 Å². The Morgan fingerprint density at radius 1 is 1.09 bits per heavy atom. The Hall–Kier alpha value is -2.53. The highest BCUT2D eigenvalue weighted by atomic mass is 35.5. The van der Waals surface area contributed by atoms with Gasteiger partial charge in [-0.15, -0.1) is 0 Å². The maximum absolute atomic E-state index is 12.3. The number of benzene rings is 2. The van der Waals surface area contributed by atoms with Crippen molar-refractivity contribution in [1.29, 1.82) is 0 Å². The molecular weight excluding hydrogens is 316 g/mol. The van der Waals surface area contributed by atoms with E-state index in [1.54, 1.807) is 49.4 Å². The third-order valence-corrected chi connectivity index (χ3v) is 3.40. The minimum absolute atomic E-state index is 0.0779. The zero-order valence-electron chi connectivity index (χ0n) is 12.9. The zero-order chi connectivity index (χ0) is 16.8. The van der Waals surface area contributed by atoms with Crippen molar-refractivity contribution in [2.45, 2.75) is 13.3 Å². The van der Waals surface area contributed by atoms with E-state index in [1.807, 2.05) is 0 Å². The topological polar surface area (TPSA) is 67.4 Å². The Morgan fingerprint density at radius 2 is 1.78 bits per heavy atom. The van der Waals surface area contributed by atoms with Crippen LogP contribution in [0.3, 0.4) is 0 Å². The molecule has 0 spiro atoms. The summed E-state index contributed by atoms with van der Waals surface area (Å²) >= 11 is 5.94. The largest absolute Gasteiger partial charge is 0.495 e. The van der Waals surface area contributed by atoms with Gasteiger partial charge in [0, 0.05) is 22.7 Å². The number of hydrogen-bond donors (Lipinski definition) is 2. The zero-order valence-corrected chi connectivity index (χ0v) is 13.6. The van der Waals surface area contributed by atoms with Crippen LogP contribution < -0.4 is 15.4 Å². The number of hydrogen-bond acceptors (Lipinski definition) is 3. The van der Waals surface area contributed by atoms with Crippen molar-refractivity contribution in [2.24, 2.45) is 0 Å². The van der Waals surface area contributed by atoms with Crippen LogP contribution in [0.2, 0.25) is 5.02 Å². The second-order valence-corrected chi connectivity index (χ2v) is 5.21. The molecule has 0 saturated heterocycles. The van der Waals surface area contributed by atoms with Gasteiger partial charge in [-0.2, -0.15) is 0 Å². The molecule has 0 heterocycles. The SMILES string of the molecule is CCC(=O)Nc1ccc(C(=O)Nc2cc(Cl)ccc2OC)cc1. The standard InChI is InChI=1S/C17H17ClN2O3/c1-3-16(21)19-13-7-4-11(5-8-13)17(22)20-14-10-12(18)6-9-15(14)23-2/h4-10H,3H2,1-2H3,(H,19,21)(H,20,22). The molecule has 0 aliphatic heterocycles. The number of nitrogens with one attached hydrogen (secondary N) is 2. The fourth-order valence-electron chi connectivity index (χ4n) is 1.93. The molecule has 0 bridgehead atoms. The summed E-state index contributed by atoms with van der Waals surface area (Å²) in [7, 11) is 1.52. The smallest absolute Gasteiger partial charge is 0.255 e. The van der Waals surface area contributed by atoms with Crippen molar-refractivity contribution in [3.05, 3.63) is 53.1 Å². The van der Waals surface area contributed by atoms with Gasteiger partial charge in [0.25, 0.3) is 5.91 Å². The number of halogens is 1. The van der Waals surface area contributed by atoms with Gasteiger partial charge in [-0.3, -0.25) is 9.59 Å². The molecule has 2 aromatic carbocycles. The number of rotatable bonds is 5. The molecule has 2 amide bonds. The van der Waals surface area contributed by atoms with Crippen LogP contribution in [0, 0.1) is 0 Å². The molecule has 2 rings (SSSR count). The van der Waals surface area contributed by atoms with E-state index in [-0.39, 0.29) is 11.8 Å². The van der Waals surface area contributed by atoms with Gasteiger partial charge in [0.2, 0.25) is 5.91 Å². The molecule has 2 aromatic rings. The fraction of sp³-hybridized carbons (Fsp3) is 0.176. The average molecular weight is 333 g/mol. The highest BCUT2D eigenvalue weighted by Crippen LogP contribution is 2.28.